The Bertz CT molecular complexity index is 734. The van der Waals surface area contributed by atoms with E-state index in [2.05, 4.69) is 39.8 Å². The van der Waals surface area contributed by atoms with E-state index in [1.807, 2.05) is 50.2 Å². The zero-order valence-corrected chi connectivity index (χ0v) is 16.5. The summed E-state index contributed by atoms with van der Waals surface area (Å²) in [5, 5.41) is 6.25. The van der Waals surface area contributed by atoms with Gasteiger partial charge in [0.25, 0.3) is 0 Å². The number of anilines is 4. The van der Waals surface area contributed by atoms with Crippen LogP contribution in [0.3, 0.4) is 0 Å². The third kappa shape index (κ3) is 5.16. The third-order valence-corrected chi connectivity index (χ3v) is 5.02. The van der Waals surface area contributed by atoms with Crippen LogP contribution in [0.2, 0.25) is 0 Å². The van der Waals surface area contributed by atoms with Gasteiger partial charge in [-0.2, -0.15) is 0 Å². The molecule has 1 unspecified atom stereocenters. The Morgan fingerprint density at radius 1 is 0.926 bits per heavy atom. The number of carbonyl (C=O) groups is 1. The number of hydrogen-bond donors (Lipinski definition) is 2. The molecule has 0 radical (unpaired) electrons. The van der Waals surface area contributed by atoms with E-state index >= 15 is 0 Å². The molecule has 1 aliphatic heterocycles. The first-order valence-corrected chi connectivity index (χ1v) is 9.73. The average molecular weight is 367 g/mol. The Hall–Kier alpha value is -2.69. The maximum atomic E-state index is 12.5. The van der Waals surface area contributed by atoms with E-state index in [0.29, 0.717) is 0 Å². The fourth-order valence-corrected chi connectivity index (χ4v) is 3.33. The first-order valence-electron chi connectivity index (χ1n) is 9.73. The lowest BCUT2D eigenvalue weighted by Crippen LogP contribution is -2.32. The number of amides is 1. The largest absolute Gasteiger partial charge is 0.378 e. The Morgan fingerprint density at radius 3 is 2.11 bits per heavy atom. The number of piperidine rings is 1. The van der Waals surface area contributed by atoms with Gasteiger partial charge in [-0.3, -0.25) is 4.79 Å². The topological polar surface area (TPSA) is 47.6 Å². The first-order chi connectivity index (χ1) is 13.0. The van der Waals surface area contributed by atoms with E-state index in [1.165, 1.54) is 24.9 Å². The lowest BCUT2D eigenvalue weighted by Gasteiger charge is -2.29. The van der Waals surface area contributed by atoms with Crippen molar-refractivity contribution >= 4 is 28.7 Å². The summed E-state index contributed by atoms with van der Waals surface area (Å²) in [6.07, 6.45) is 3.88. The summed E-state index contributed by atoms with van der Waals surface area (Å²) >= 11 is 0. The second kappa shape index (κ2) is 8.80. The van der Waals surface area contributed by atoms with Crippen LogP contribution in [-0.4, -0.2) is 39.1 Å². The van der Waals surface area contributed by atoms with Crippen molar-refractivity contribution < 1.29 is 4.79 Å². The molecule has 0 saturated carbocycles. The van der Waals surface area contributed by atoms with Gasteiger partial charge in [-0.25, -0.2) is 0 Å². The van der Waals surface area contributed by atoms with Gasteiger partial charge in [-0.05, 0) is 74.7 Å². The molecule has 0 aromatic heterocycles. The average Bonchev–Trinajstić information content (AvgIpc) is 2.69. The molecule has 27 heavy (non-hydrogen) atoms. The molecule has 0 bridgehead atoms. The van der Waals surface area contributed by atoms with Crippen LogP contribution in [0.25, 0.3) is 0 Å². The minimum Gasteiger partial charge on any atom is -0.378 e. The first kappa shape index (κ1) is 19.1. The van der Waals surface area contributed by atoms with Crippen molar-refractivity contribution in [1.29, 1.82) is 0 Å². The maximum absolute atomic E-state index is 12.5. The Kier molecular flexibility index (Phi) is 6.22. The summed E-state index contributed by atoms with van der Waals surface area (Å²) in [7, 11) is 3.99. The highest BCUT2D eigenvalue weighted by atomic mass is 16.2. The number of nitrogens with one attached hydrogen (secondary N) is 2. The molecule has 0 aliphatic carbocycles. The number of nitrogens with zero attached hydrogens (tertiary/aromatic N) is 2. The van der Waals surface area contributed by atoms with Gasteiger partial charge in [0.1, 0.15) is 6.04 Å². The van der Waals surface area contributed by atoms with Crippen molar-refractivity contribution in [2.45, 2.75) is 32.2 Å². The minimum absolute atomic E-state index is 0.0484. The van der Waals surface area contributed by atoms with Crippen LogP contribution in [0.1, 0.15) is 26.2 Å². The van der Waals surface area contributed by atoms with Crippen molar-refractivity contribution in [3.63, 3.8) is 0 Å². The molecule has 1 amide bonds. The van der Waals surface area contributed by atoms with Crippen LogP contribution >= 0.6 is 0 Å². The maximum Gasteiger partial charge on any atom is 0.246 e. The fourth-order valence-electron chi connectivity index (χ4n) is 3.33. The number of hydrogen-bond acceptors (Lipinski definition) is 4. The standard InChI is InChI=1S/C22H30N4O/c1-17(22(27)24-19-7-11-20(12-8-19)25(2)3)23-18-9-13-21(14-10-18)26-15-5-4-6-16-26/h7-14,17,23H,4-6,15-16H2,1-3H3,(H,24,27). The SMILES string of the molecule is CC(Nc1ccc(N2CCCCC2)cc1)C(=O)Nc1ccc(N(C)C)cc1. The van der Waals surface area contributed by atoms with E-state index in [1.54, 1.807) is 0 Å². The molecule has 1 fully saturated rings. The van der Waals surface area contributed by atoms with Crippen molar-refractivity contribution in [1.82, 2.24) is 0 Å². The Labute approximate surface area is 162 Å². The van der Waals surface area contributed by atoms with E-state index in [4.69, 9.17) is 0 Å². The van der Waals surface area contributed by atoms with Gasteiger partial charge >= 0.3 is 0 Å². The Morgan fingerprint density at radius 2 is 1.52 bits per heavy atom. The molecule has 3 rings (SSSR count). The fraction of sp³-hybridized carbons (Fsp3) is 0.409. The van der Waals surface area contributed by atoms with Gasteiger partial charge in [0.05, 0.1) is 0 Å². The van der Waals surface area contributed by atoms with E-state index in [-0.39, 0.29) is 11.9 Å². The van der Waals surface area contributed by atoms with Crippen LogP contribution in [0.15, 0.2) is 48.5 Å². The quantitative estimate of drug-likeness (QED) is 0.805. The highest BCUT2D eigenvalue weighted by molar-refractivity contribution is 5.96. The molecule has 2 N–H and O–H groups in total. The molecule has 0 spiro atoms. The number of benzene rings is 2. The molecule has 1 aliphatic rings. The van der Waals surface area contributed by atoms with Crippen molar-refractivity contribution in [3.05, 3.63) is 48.5 Å². The second-order valence-electron chi connectivity index (χ2n) is 7.39. The van der Waals surface area contributed by atoms with E-state index in [0.717, 1.165) is 30.2 Å². The lowest BCUT2D eigenvalue weighted by atomic mass is 10.1. The zero-order chi connectivity index (χ0) is 19.2. The normalized spacial score (nSPS) is 15.1. The van der Waals surface area contributed by atoms with Gasteiger partial charge in [-0.1, -0.05) is 0 Å². The summed E-state index contributed by atoms with van der Waals surface area (Å²) in [4.78, 5) is 16.9. The monoisotopic (exact) mass is 366 g/mol. The van der Waals surface area contributed by atoms with Gasteiger partial charge in [-0.15, -0.1) is 0 Å². The predicted octanol–water partition coefficient (Wildman–Crippen LogP) is 4.18. The molecule has 5 heteroatoms. The predicted molar refractivity (Wildman–Crippen MR) is 115 cm³/mol. The van der Waals surface area contributed by atoms with Crippen molar-refractivity contribution in [2.24, 2.45) is 0 Å². The summed E-state index contributed by atoms with van der Waals surface area (Å²) in [5.41, 5.74) is 4.13. The smallest absolute Gasteiger partial charge is 0.246 e. The molecule has 144 valence electrons. The number of rotatable bonds is 6. The summed E-state index contributed by atoms with van der Waals surface area (Å²) in [5.74, 6) is -0.0484. The van der Waals surface area contributed by atoms with Crippen LogP contribution < -0.4 is 20.4 Å². The zero-order valence-electron chi connectivity index (χ0n) is 16.5. The lowest BCUT2D eigenvalue weighted by molar-refractivity contribution is -0.116. The summed E-state index contributed by atoms with van der Waals surface area (Å²) in [6.45, 7) is 4.15. The molecular weight excluding hydrogens is 336 g/mol. The molecule has 1 atom stereocenters. The van der Waals surface area contributed by atoms with Crippen molar-refractivity contribution in [3.8, 4) is 0 Å². The summed E-state index contributed by atoms with van der Waals surface area (Å²) in [6, 6.07) is 15.9. The summed E-state index contributed by atoms with van der Waals surface area (Å²) < 4.78 is 0. The van der Waals surface area contributed by atoms with Crippen molar-refractivity contribution in [2.75, 3.05) is 47.6 Å². The molecule has 1 saturated heterocycles. The molecule has 5 nitrogen and oxygen atoms in total. The molecule has 2 aromatic carbocycles. The second-order valence-corrected chi connectivity index (χ2v) is 7.39. The van der Waals surface area contributed by atoms with Crippen LogP contribution in [0.5, 0.6) is 0 Å². The van der Waals surface area contributed by atoms with E-state index in [9.17, 15) is 4.79 Å². The van der Waals surface area contributed by atoms with Crippen LogP contribution in [-0.2, 0) is 4.79 Å². The van der Waals surface area contributed by atoms with Gasteiger partial charge in [0.15, 0.2) is 0 Å². The highest BCUT2D eigenvalue weighted by Gasteiger charge is 2.14. The molecule has 1 heterocycles. The van der Waals surface area contributed by atoms with Crippen LogP contribution in [0, 0.1) is 0 Å². The van der Waals surface area contributed by atoms with Gasteiger partial charge < -0.3 is 20.4 Å². The number of carbonyl (C=O) groups excluding carboxylic acids is 1. The molecular formula is C22H30N4O. The van der Waals surface area contributed by atoms with E-state index < -0.39 is 0 Å². The van der Waals surface area contributed by atoms with Gasteiger partial charge in [0.2, 0.25) is 5.91 Å². The highest BCUT2D eigenvalue weighted by Crippen LogP contribution is 2.22. The Balaban J connectivity index is 1.54. The van der Waals surface area contributed by atoms with Crippen LogP contribution in [0.4, 0.5) is 22.7 Å². The van der Waals surface area contributed by atoms with Gasteiger partial charge in [0, 0.05) is 49.9 Å². The molecule has 2 aromatic rings. The third-order valence-electron chi connectivity index (χ3n) is 5.02. The minimum atomic E-state index is -0.320.